The average molecular weight is 260 g/mol. The maximum absolute atomic E-state index is 12.1. The summed E-state index contributed by atoms with van der Waals surface area (Å²) in [6.45, 7) is 2.45. The quantitative estimate of drug-likeness (QED) is 0.899. The first kappa shape index (κ1) is 13.4. The Labute approximate surface area is 112 Å². The molecule has 1 amide bonds. The van der Waals surface area contributed by atoms with Gasteiger partial charge in [-0.1, -0.05) is 0 Å². The van der Waals surface area contributed by atoms with E-state index < -0.39 is 5.60 Å². The zero-order chi connectivity index (χ0) is 13.7. The Balaban J connectivity index is 1.96. The van der Waals surface area contributed by atoms with Crippen molar-refractivity contribution in [2.45, 2.75) is 25.4 Å². The van der Waals surface area contributed by atoms with Gasteiger partial charge >= 0.3 is 0 Å². The van der Waals surface area contributed by atoms with Crippen molar-refractivity contribution in [3.8, 4) is 11.8 Å². The summed E-state index contributed by atoms with van der Waals surface area (Å²) in [5.41, 5.74) is -0.0401. The summed E-state index contributed by atoms with van der Waals surface area (Å²) in [4.78, 5) is 12.1. The third-order valence-corrected chi connectivity index (χ3v) is 3.11. The van der Waals surface area contributed by atoms with Gasteiger partial charge in [-0.2, -0.15) is 5.26 Å². The molecule has 1 atom stereocenters. The second-order valence-electron chi connectivity index (χ2n) is 4.61. The molecule has 1 N–H and O–H groups in total. The largest absolute Gasteiger partial charge is 0.479 e. The molecular formula is C14H16N2O3. The number of nitrogens with zero attached hydrogens (tertiary/aromatic N) is 1. The number of ether oxygens (including phenoxy) is 2. The molecule has 1 heterocycles. The summed E-state index contributed by atoms with van der Waals surface area (Å²) in [5.74, 6) is 0.471. The van der Waals surface area contributed by atoms with Crippen molar-refractivity contribution in [2.24, 2.45) is 0 Å². The maximum atomic E-state index is 12.1. The smallest absolute Gasteiger partial charge is 0.256 e. The van der Waals surface area contributed by atoms with Gasteiger partial charge in [0, 0.05) is 12.3 Å². The number of carbonyl (C=O) groups excluding carboxylic acids is 1. The van der Waals surface area contributed by atoms with Crippen LogP contribution in [-0.2, 0) is 9.53 Å². The van der Waals surface area contributed by atoms with E-state index in [1.54, 1.807) is 31.2 Å². The second-order valence-corrected chi connectivity index (χ2v) is 4.61. The van der Waals surface area contributed by atoms with Crippen molar-refractivity contribution in [3.05, 3.63) is 24.3 Å². The minimum atomic E-state index is -0.726. The molecule has 0 aliphatic carbocycles. The molecule has 1 aliphatic rings. The van der Waals surface area contributed by atoms with Crippen LogP contribution in [0, 0.1) is 11.3 Å². The van der Waals surface area contributed by atoms with Gasteiger partial charge in [-0.25, -0.2) is 0 Å². The Morgan fingerprint density at radius 1 is 1.53 bits per heavy atom. The van der Waals surface area contributed by atoms with E-state index in [9.17, 15) is 4.79 Å². The highest BCUT2D eigenvalue weighted by Gasteiger charge is 2.37. The number of hydrogen-bond acceptors (Lipinski definition) is 4. The van der Waals surface area contributed by atoms with Crippen LogP contribution in [0.1, 0.15) is 19.8 Å². The summed E-state index contributed by atoms with van der Waals surface area (Å²) in [7, 11) is 0. The molecule has 1 aromatic carbocycles. The van der Waals surface area contributed by atoms with Gasteiger partial charge < -0.3 is 14.8 Å². The molecule has 5 nitrogen and oxygen atoms in total. The lowest BCUT2D eigenvalue weighted by Gasteiger charge is -2.21. The summed E-state index contributed by atoms with van der Waals surface area (Å²) < 4.78 is 10.6. The molecule has 2 rings (SSSR count). The highest BCUT2D eigenvalue weighted by Crippen LogP contribution is 2.27. The number of hydrogen-bond donors (Lipinski definition) is 1. The van der Waals surface area contributed by atoms with Gasteiger partial charge in [0.1, 0.15) is 17.4 Å². The Morgan fingerprint density at radius 2 is 2.26 bits per heavy atom. The van der Waals surface area contributed by atoms with Gasteiger partial charge in [-0.05, 0) is 44.0 Å². The minimum absolute atomic E-state index is 0.0115. The molecule has 1 aromatic rings. The van der Waals surface area contributed by atoms with Crippen LogP contribution in [0.15, 0.2) is 24.3 Å². The van der Waals surface area contributed by atoms with E-state index in [1.807, 2.05) is 6.07 Å². The normalized spacial score (nSPS) is 21.7. The van der Waals surface area contributed by atoms with Crippen molar-refractivity contribution in [3.63, 3.8) is 0 Å². The number of nitriles is 1. The van der Waals surface area contributed by atoms with Crippen molar-refractivity contribution < 1.29 is 14.3 Å². The number of rotatable bonds is 4. The number of anilines is 1. The molecular weight excluding hydrogens is 244 g/mol. The van der Waals surface area contributed by atoms with E-state index in [1.165, 1.54) is 0 Å². The van der Waals surface area contributed by atoms with Crippen molar-refractivity contribution in [1.82, 2.24) is 0 Å². The number of amides is 1. The Bertz CT molecular complexity index is 484. The minimum Gasteiger partial charge on any atom is -0.479 e. The van der Waals surface area contributed by atoms with Crippen LogP contribution in [-0.4, -0.2) is 24.7 Å². The first-order valence-corrected chi connectivity index (χ1v) is 6.19. The molecule has 19 heavy (non-hydrogen) atoms. The lowest BCUT2D eigenvalue weighted by atomic mass is 10.0. The highest BCUT2D eigenvalue weighted by atomic mass is 16.5. The van der Waals surface area contributed by atoms with Gasteiger partial charge in [0.2, 0.25) is 0 Å². The first-order chi connectivity index (χ1) is 9.14. The fourth-order valence-corrected chi connectivity index (χ4v) is 1.97. The Hall–Kier alpha value is -2.06. The lowest BCUT2D eigenvalue weighted by Crippen LogP contribution is -2.39. The third kappa shape index (κ3) is 3.24. The van der Waals surface area contributed by atoms with E-state index in [0.717, 1.165) is 12.8 Å². The summed E-state index contributed by atoms with van der Waals surface area (Å²) >= 11 is 0. The van der Waals surface area contributed by atoms with Crippen LogP contribution in [0.2, 0.25) is 0 Å². The van der Waals surface area contributed by atoms with Crippen LogP contribution < -0.4 is 10.1 Å². The predicted molar refractivity (Wildman–Crippen MR) is 69.8 cm³/mol. The predicted octanol–water partition coefficient (Wildman–Crippen LogP) is 2.10. The van der Waals surface area contributed by atoms with Crippen LogP contribution in [0.5, 0.6) is 5.75 Å². The zero-order valence-corrected chi connectivity index (χ0v) is 10.8. The molecule has 0 radical (unpaired) electrons. The maximum Gasteiger partial charge on any atom is 0.256 e. The number of nitrogens with one attached hydrogen (secondary N) is 1. The monoisotopic (exact) mass is 260 g/mol. The Kier molecular flexibility index (Phi) is 4.03. The molecule has 1 saturated heterocycles. The fraction of sp³-hybridized carbons (Fsp3) is 0.429. The topological polar surface area (TPSA) is 71.3 Å². The molecule has 0 saturated carbocycles. The van der Waals surface area contributed by atoms with Crippen LogP contribution in [0.25, 0.3) is 0 Å². The van der Waals surface area contributed by atoms with Gasteiger partial charge in [-0.3, -0.25) is 4.79 Å². The molecule has 0 aromatic heterocycles. The van der Waals surface area contributed by atoms with Crippen LogP contribution in [0.4, 0.5) is 5.69 Å². The molecule has 1 fully saturated rings. The van der Waals surface area contributed by atoms with Gasteiger partial charge in [0.25, 0.3) is 5.91 Å². The van der Waals surface area contributed by atoms with E-state index in [2.05, 4.69) is 5.32 Å². The molecule has 1 aliphatic heterocycles. The molecule has 1 unspecified atom stereocenters. The van der Waals surface area contributed by atoms with Gasteiger partial charge in [0.05, 0.1) is 0 Å². The zero-order valence-electron chi connectivity index (χ0n) is 10.8. The van der Waals surface area contributed by atoms with E-state index in [0.29, 0.717) is 18.0 Å². The number of carbonyl (C=O) groups is 1. The van der Waals surface area contributed by atoms with Crippen LogP contribution in [0.3, 0.4) is 0 Å². The summed E-state index contributed by atoms with van der Waals surface area (Å²) in [6, 6.07) is 8.80. The Morgan fingerprint density at radius 3 is 2.84 bits per heavy atom. The SMILES string of the molecule is CC1(C(=O)Nc2ccc(OCC#N)cc2)CCCO1. The molecule has 100 valence electrons. The summed E-state index contributed by atoms with van der Waals surface area (Å²) in [5, 5.41) is 11.2. The molecule has 5 heteroatoms. The van der Waals surface area contributed by atoms with Crippen LogP contribution >= 0.6 is 0 Å². The number of benzene rings is 1. The third-order valence-electron chi connectivity index (χ3n) is 3.11. The standard InChI is InChI=1S/C14H16N2O3/c1-14(7-2-9-19-14)13(17)16-11-3-5-12(6-4-11)18-10-8-15/h3-6H,2,7,9-10H2,1H3,(H,16,17). The average Bonchev–Trinajstić information content (AvgIpc) is 2.86. The van der Waals surface area contributed by atoms with E-state index in [-0.39, 0.29) is 12.5 Å². The van der Waals surface area contributed by atoms with E-state index >= 15 is 0 Å². The van der Waals surface area contributed by atoms with Crippen molar-refractivity contribution in [2.75, 3.05) is 18.5 Å². The first-order valence-electron chi connectivity index (χ1n) is 6.19. The summed E-state index contributed by atoms with van der Waals surface area (Å²) in [6.07, 6.45) is 1.65. The molecule has 0 bridgehead atoms. The second kappa shape index (κ2) is 5.72. The van der Waals surface area contributed by atoms with Crippen molar-refractivity contribution >= 4 is 11.6 Å². The van der Waals surface area contributed by atoms with E-state index in [4.69, 9.17) is 14.7 Å². The van der Waals surface area contributed by atoms with Gasteiger partial charge in [0.15, 0.2) is 6.61 Å². The van der Waals surface area contributed by atoms with Gasteiger partial charge in [-0.15, -0.1) is 0 Å². The lowest BCUT2D eigenvalue weighted by molar-refractivity contribution is -0.133. The molecule has 0 spiro atoms. The fourth-order valence-electron chi connectivity index (χ4n) is 1.97. The highest BCUT2D eigenvalue weighted by molar-refractivity contribution is 5.97. The van der Waals surface area contributed by atoms with Crippen molar-refractivity contribution in [1.29, 1.82) is 5.26 Å².